The monoisotopic (exact) mass is 266 g/mol. The molecule has 4 nitrogen and oxygen atoms in total. The molecule has 2 N–H and O–H groups in total. The number of hydrogen-bond donors (Lipinski definition) is 2. The summed E-state index contributed by atoms with van der Waals surface area (Å²) < 4.78 is 10.9. The van der Waals surface area contributed by atoms with Crippen LogP contribution in [0.2, 0.25) is 0 Å². The van der Waals surface area contributed by atoms with Crippen LogP contribution in [-0.2, 0) is 0 Å². The molecule has 4 rings (SSSR count). The summed E-state index contributed by atoms with van der Waals surface area (Å²) in [5.41, 5.74) is 3.33. The molecule has 0 spiro atoms. The number of benzene rings is 2. The van der Waals surface area contributed by atoms with E-state index in [1.165, 1.54) is 5.56 Å². The lowest BCUT2D eigenvalue weighted by Crippen LogP contribution is -2.30. The quantitative estimate of drug-likeness (QED) is 0.832. The normalized spacial score (nSPS) is 19.0. The van der Waals surface area contributed by atoms with Crippen LogP contribution in [0.4, 0.5) is 5.69 Å². The molecule has 2 aliphatic heterocycles. The van der Waals surface area contributed by atoms with Gasteiger partial charge >= 0.3 is 0 Å². The van der Waals surface area contributed by atoms with Crippen molar-refractivity contribution in [3.05, 3.63) is 66.0 Å². The van der Waals surface area contributed by atoms with E-state index in [0.29, 0.717) is 0 Å². The number of ether oxygens (including phenoxy) is 2. The second kappa shape index (κ2) is 4.20. The summed E-state index contributed by atoms with van der Waals surface area (Å²) in [4.78, 5) is 0. The van der Waals surface area contributed by atoms with Gasteiger partial charge in [0.2, 0.25) is 6.79 Å². The summed E-state index contributed by atoms with van der Waals surface area (Å²) in [7, 11) is 0. The summed E-state index contributed by atoms with van der Waals surface area (Å²) in [5, 5.41) is 6.63. The molecule has 1 atom stereocenters. The lowest BCUT2D eigenvalue weighted by molar-refractivity contribution is 0.174. The van der Waals surface area contributed by atoms with E-state index >= 15 is 0 Å². The van der Waals surface area contributed by atoms with Crippen molar-refractivity contribution in [3.8, 4) is 11.5 Å². The molecule has 2 aromatic carbocycles. The Morgan fingerprint density at radius 3 is 2.60 bits per heavy atom. The Bertz CT molecular complexity index is 682. The van der Waals surface area contributed by atoms with Crippen LogP contribution in [0.15, 0.2) is 54.9 Å². The van der Waals surface area contributed by atoms with Crippen LogP contribution in [-0.4, -0.2) is 6.79 Å². The second-order valence-corrected chi connectivity index (χ2v) is 4.88. The highest BCUT2D eigenvalue weighted by molar-refractivity contribution is 5.67. The molecule has 100 valence electrons. The molecule has 0 fully saturated rings. The fraction of sp³-hybridized carbons (Fsp3) is 0.125. The minimum absolute atomic E-state index is 0.0643. The van der Waals surface area contributed by atoms with E-state index in [1.807, 2.05) is 30.3 Å². The summed E-state index contributed by atoms with van der Waals surface area (Å²) in [5.74, 6) is 2.35. The first-order valence-electron chi connectivity index (χ1n) is 6.52. The zero-order valence-electron chi connectivity index (χ0n) is 10.8. The zero-order valence-corrected chi connectivity index (χ0v) is 10.8. The molecule has 0 bridgehead atoms. The maximum atomic E-state index is 5.48. The van der Waals surface area contributed by atoms with Crippen LogP contribution in [0, 0.1) is 0 Å². The van der Waals surface area contributed by atoms with Crippen molar-refractivity contribution in [3.63, 3.8) is 0 Å². The van der Waals surface area contributed by atoms with Gasteiger partial charge in [-0.2, -0.15) is 0 Å². The highest BCUT2D eigenvalue weighted by atomic mass is 16.7. The summed E-state index contributed by atoms with van der Waals surface area (Å²) >= 11 is 0. The Labute approximate surface area is 117 Å². The molecule has 0 radical (unpaired) electrons. The molecular weight excluding hydrogens is 252 g/mol. The molecule has 2 heterocycles. The minimum Gasteiger partial charge on any atom is -0.454 e. The Balaban J connectivity index is 1.86. The zero-order chi connectivity index (χ0) is 13.5. The SMILES string of the molecule is C=C1Nc2cc3c(cc2C(c2ccccc2)N1)OCO3. The first kappa shape index (κ1) is 11.2. The minimum atomic E-state index is 0.0643. The third kappa shape index (κ3) is 1.69. The molecule has 1 unspecified atom stereocenters. The fourth-order valence-corrected chi connectivity index (χ4v) is 2.66. The van der Waals surface area contributed by atoms with Gasteiger partial charge in [0.25, 0.3) is 0 Å². The highest BCUT2D eigenvalue weighted by Gasteiger charge is 2.26. The fourth-order valence-electron chi connectivity index (χ4n) is 2.66. The van der Waals surface area contributed by atoms with Gasteiger partial charge in [0.05, 0.1) is 11.9 Å². The van der Waals surface area contributed by atoms with Crippen molar-refractivity contribution in [2.45, 2.75) is 6.04 Å². The number of fused-ring (bicyclic) bond motifs is 2. The molecule has 2 aromatic rings. The highest BCUT2D eigenvalue weighted by Crippen LogP contribution is 2.42. The van der Waals surface area contributed by atoms with Gasteiger partial charge in [-0.05, 0) is 11.6 Å². The first-order chi connectivity index (χ1) is 9.81. The number of anilines is 1. The van der Waals surface area contributed by atoms with Gasteiger partial charge in [0, 0.05) is 17.3 Å². The number of nitrogens with one attached hydrogen (secondary N) is 2. The van der Waals surface area contributed by atoms with Gasteiger partial charge in [-0.3, -0.25) is 0 Å². The Kier molecular flexibility index (Phi) is 2.36. The standard InChI is InChI=1S/C16H14N2O2/c1-10-17-13-8-15-14(19-9-20-15)7-12(13)16(18-10)11-5-3-2-4-6-11/h2-8,16-18H,1,9H2. The first-order valence-corrected chi connectivity index (χ1v) is 6.52. The van der Waals surface area contributed by atoms with E-state index in [2.05, 4.69) is 29.3 Å². The predicted octanol–water partition coefficient (Wildman–Crippen LogP) is 2.99. The van der Waals surface area contributed by atoms with Crippen molar-refractivity contribution >= 4 is 5.69 Å². The van der Waals surface area contributed by atoms with Crippen LogP contribution < -0.4 is 20.1 Å². The van der Waals surface area contributed by atoms with Crippen molar-refractivity contribution in [2.75, 3.05) is 12.1 Å². The molecule has 2 aliphatic rings. The van der Waals surface area contributed by atoms with Gasteiger partial charge in [-0.25, -0.2) is 0 Å². The molecule has 0 aromatic heterocycles. The molecular formula is C16H14N2O2. The third-order valence-corrected chi connectivity index (χ3v) is 3.59. The Morgan fingerprint density at radius 1 is 1.05 bits per heavy atom. The predicted molar refractivity (Wildman–Crippen MR) is 76.7 cm³/mol. The van der Waals surface area contributed by atoms with Crippen LogP contribution in [0.1, 0.15) is 17.2 Å². The summed E-state index contributed by atoms with van der Waals surface area (Å²) in [6, 6.07) is 14.4. The van der Waals surface area contributed by atoms with Gasteiger partial charge in [-0.1, -0.05) is 36.9 Å². The molecule has 0 amide bonds. The van der Waals surface area contributed by atoms with E-state index in [-0.39, 0.29) is 12.8 Å². The van der Waals surface area contributed by atoms with E-state index in [1.54, 1.807) is 0 Å². The summed E-state index contributed by atoms with van der Waals surface area (Å²) in [6.45, 7) is 4.27. The topological polar surface area (TPSA) is 42.5 Å². The van der Waals surface area contributed by atoms with Gasteiger partial charge in [-0.15, -0.1) is 0 Å². The molecule has 0 saturated heterocycles. The Hall–Kier alpha value is -2.62. The van der Waals surface area contributed by atoms with Crippen molar-refractivity contribution in [2.24, 2.45) is 0 Å². The van der Waals surface area contributed by atoms with E-state index in [9.17, 15) is 0 Å². The van der Waals surface area contributed by atoms with E-state index in [4.69, 9.17) is 9.47 Å². The van der Waals surface area contributed by atoms with E-state index < -0.39 is 0 Å². The molecule has 4 heteroatoms. The average molecular weight is 266 g/mol. The second-order valence-electron chi connectivity index (χ2n) is 4.88. The molecule has 0 aliphatic carbocycles. The van der Waals surface area contributed by atoms with Crippen molar-refractivity contribution in [1.29, 1.82) is 0 Å². The van der Waals surface area contributed by atoms with Crippen LogP contribution in [0.5, 0.6) is 11.5 Å². The van der Waals surface area contributed by atoms with Crippen molar-refractivity contribution in [1.82, 2.24) is 5.32 Å². The van der Waals surface area contributed by atoms with Gasteiger partial charge < -0.3 is 20.1 Å². The van der Waals surface area contributed by atoms with Gasteiger partial charge in [0.15, 0.2) is 11.5 Å². The van der Waals surface area contributed by atoms with Crippen LogP contribution in [0.3, 0.4) is 0 Å². The lowest BCUT2D eigenvalue weighted by atomic mass is 9.95. The third-order valence-electron chi connectivity index (χ3n) is 3.59. The number of rotatable bonds is 1. The van der Waals surface area contributed by atoms with Crippen molar-refractivity contribution < 1.29 is 9.47 Å². The van der Waals surface area contributed by atoms with E-state index in [0.717, 1.165) is 28.6 Å². The molecule has 0 saturated carbocycles. The van der Waals surface area contributed by atoms with Crippen LogP contribution >= 0.6 is 0 Å². The average Bonchev–Trinajstić information content (AvgIpc) is 2.92. The summed E-state index contributed by atoms with van der Waals surface area (Å²) in [6.07, 6.45) is 0. The Morgan fingerprint density at radius 2 is 1.80 bits per heavy atom. The maximum absolute atomic E-state index is 5.48. The van der Waals surface area contributed by atoms with Gasteiger partial charge in [0.1, 0.15) is 0 Å². The maximum Gasteiger partial charge on any atom is 0.231 e. The lowest BCUT2D eigenvalue weighted by Gasteiger charge is -2.30. The largest absolute Gasteiger partial charge is 0.454 e. The smallest absolute Gasteiger partial charge is 0.231 e. The van der Waals surface area contributed by atoms with Crippen LogP contribution in [0.25, 0.3) is 0 Å². The molecule has 20 heavy (non-hydrogen) atoms. The number of hydrogen-bond acceptors (Lipinski definition) is 4.